The van der Waals surface area contributed by atoms with E-state index in [4.69, 9.17) is 5.26 Å². The molecule has 0 heterocycles. The van der Waals surface area contributed by atoms with Gasteiger partial charge in [-0.2, -0.15) is 5.26 Å². The molecule has 0 saturated carbocycles. The van der Waals surface area contributed by atoms with Crippen molar-refractivity contribution in [1.82, 2.24) is 0 Å². The number of hydrogen-bond donors (Lipinski definition) is 0. The smallest absolute Gasteiger partial charge is 0.189 e. The third-order valence-corrected chi connectivity index (χ3v) is 3.21. The molecule has 0 radical (unpaired) electrons. The molecule has 2 rings (SSSR count). The van der Waals surface area contributed by atoms with E-state index in [0.717, 1.165) is 17.3 Å². The van der Waals surface area contributed by atoms with Crippen LogP contribution in [-0.2, 0) is 5.75 Å². The summed E-state index contributed by atoms with van der Waals surface area (Å²) < 4.78 is 0. The molecule has 0 saturated heterocycles. The number of Topliss-reactive ketones (excluding diaryl/α,β-unsaturated/α-hetero) is 1. The fraction of sp³-hybridized carbons (Fsp3) is 0.154. The lowest BCUT2D eigenvalue weighted by atomic mass is 9.89. The molecule has 1 aliphatic carbocycles. The zero-order valence-corrected chi connectivity index (χ0v) is 10.0. The summed E-state index contributed by atoms with van der Waals surface area (Å²) in [7, 11) is 0. The first-order valence-corrected chi connectivity index (χ1v) is 6.03. The lowest BCUT2D eigenvalue weighted by molar-refractivity contribution is 0.0984. The zero-order chi connectivity index (χ0) is 12.4. The van der Waals surface area contributed by atoms with Crippen molar-refractivity contribution >= 4 is 23.3 Å². The number of thioether (sulfide) groups is 1. The molecule has 4 heteroatoms. The van der Waals surface area contributed by atoms with Crippen LogP contribution in [0.2, 0.25) is 0 Å². The number of thiocyanates is 1. The van der Waals surface area contributed by atoms with E-state index in [-0.39, 0.29) is 11.6 Å². The molecule has 0 spiro atoms. The fourth-order valence-corrected chi connectivity index (χ4v) is 2.16. The van der Waals surface area contributed by atoms with E-state index in [1.165, 1.54) is 6.08 Å². The van der Waals surface area contributed by atoms with Crippen LogP contribution in [0.1, 0.15) is 33.2 Å². The largest absolute Gasteiger partial charge is 0.289 e. The maximum absolute atomic E-state index is 11.9. The summed E-state index contributed by atoms with van der Waals surface area (Å²) in [6.45, 7) is 1.64. The second-order valence-electron chi connectivity index (χ2n) is 3.78. The van der Waals surface area contributed by atoms with Gasteiger partial charge < -0.3 is 0 Å². The molecule has 84 valence electrons. The minimum atomic E-state index is -0.128. The SMILES string of the molecule is CC1=CC(=O)c2ccc(CSC#N)cc2C1=O. The predicted molar refractivity (Wildman–Crippen MR) is 65.8 cm³/mol. The normalized spacial score (nSPS) is 14.0. The zero-order valence-electron chi connectivity index (χ0n) is 9.19. The van der Waals surface area contributed by atoms with Crippen LogP contribution in [0.4, 0.5) is 0 Å². The van der Waals surface area contributed by atoms with Crippen molar-refractivity contribution in [1.29, 1.82) is 5.26 Å². The standard InChI is InChI=1S/C13H9NO2S/c1-8-4-12(15)10-3-2-9(6-17-7-14)5-11(10)13(8)16/h2-5H,6H2,1H3. The highest BCUT2D eigenvalue weighted by atomic mass is 32.2. The van der Waals surface area contributed by atoms with Gasteiger partial charge in [0.2, 0.25) is 0 Å². The summed E-state index contributed by atoms with van der Waals surface area (Å²) in [6.07, 6.45) is 1.37. The van der Waals surface area contributed by atoms with Crippen LogP contribution >= 0.6 is 11.8 Å². The third-order valence-electron chi connectivity index (χ3n) is 2.60. The quantitative estimate of drug-likeness (QED) is 0.749. The van der Waals surface area contributed by atoms with Gasteiger partial charge in [-0.25, -0.2) is 0 Å². The van der Waals surface area contributed by atoms with Gasteiger partial charge in [-0.15, -0.1) is 0 Å². The monoisotopic (exact) mass is 243 g/mol. The average molecular weight is 243 g/mol. The van der Waals surface area contributed by atoms with E-state index < -0.39 is 0 Å². The fourth-order valence-electron chi connectivity index (χ4n) is 1.75. The lowest BCUT2D eigenvalue weighted by Gasteiger charge is -2.13. The molecule has 17 heavy (non-hydrogen) atoms. The number of carbonyl (C=O) groups excluding carboxylic acids is 2. The average Bonchev–Trinajstić information content (AvgIpc) is 2.33. The topological polar surface area (TPSA) is 57.9 Å². The minimum absolute atomic E-state index is 0.108. The number of benzene rings is 1. The number of allylic oxidation sites excluding steroid dienone is 2. The Labute approximate surface area is 103 Å². The molecule has 0 N–H and O–H groups in total. The highest BCUT2D eigenvalue weighted by Crippen LogP contribution is 2.23. The predicted octanol–water partition coefficient (Wildman–Crippen LogP) is 2.73. The Morgan fingerprint density at radius 1 is 1.29 bits per heavy atom. The molecule has 0 bridgehead atoms. The molecule has 1 aromatic carbocycles. The Hall–Kier alpha value is -1.86. The van der Waals surface area contributed by atoms with Gasteiger partial charge in [-0.1, -0.05) is 12.1 Å². The van der Waals surface area contributed by atoms with E-state index in [9.17, 15) is 9.59 Å². The van der Waals surface area contributed by atoms with Crippen molar-refractivity contribution in [3.05, 3.63) is 46.5 Å². The van der Waals surface area contributed by atoms with E-state index in [1.807, 2.05) is 5.40 Å². The molecule has 0 unspecified atom stereocenters. The highest BCUT2D eigenvalue weighted by Gasteiger charge is 2.22. The van der Waals surface area contributed by atoms with Crippen molar-refractivity contribution in [2.45, 2.75) is 12.7 Å². The molecular weight excluding hydrogens is 234 g/mol. The minimum Gasteiger partial charge on any atom is -0.289 e. The summed E-state index contributed by atoms with van der Waals surface area (Å²) in [5.74, 6) is 0.286. The number of nitrogens with zero attached hydrogens (tertiary/aromatic N) is 1. The van der Waals surface area contributed by atoms with Gasteiger partial charge in [0, 0.05) is 22.5 Å². The van der Waals surface area contributed by atoms with Gasteiger partial charge in [0.15, 0.2) is 11.6 Å². The van der Waals surface area contributed by atoms with E-state index in [1.54, 1.807) is 25.1 Å². The van der Waals surface area contributed by atoms with Crippen LogP contribution in [0.25, 0.3) is 0 Å². The van der Waals surface area contributed by atoms with Crippen molar-refractivity contribution in [3.63, 3.8) is 0 Å². The summed E-state index contributed by atoms with van der Waals surface area (Å²) in [5.41, 5.74) is 2.25. The first-order valence-electron chi connectivity index (χ1n) is 5.04. The highest BCUT2D eigenvalue weighted by molar-refractivity contribution is 8.02. The Bertz CT molecular complexity index is 582. The molecule has 0 aliphatic heterocycles. The Balaban J connectivity index is 2.44. The first kappa shape index (κ1) is 11.6. The molecule has 3 nitrogen and oxygen atoms in total. The van der Waals surface area contributed by atoms with E-state index in [2.05, 4.69) is 0 Å². The van der Waals surface area contributed by atoms with Gasteiger partial charge in [0.25, 0.3) is 0 Å². The lowest BCUT2D eigenvalue weighted by Crippen LogP contribution is -2.15. The van der Waals surface area contributed by atoms with Crippen molar-refractivity contribution in [3.8, 4) is 5.40 Å². The summed E-state index contributed by atoms with van der Waals surface area (Å²) in [5, 5.41) is 10.5. The second kappa shape index (κ2) is 4.56. The van der Waals surface area contributed by atoms with Crippen LogP contribution in [0.3, 0.4) is 0 Å². The molecule has 0 amide bonds. The number of fused-ring (bicyclic) bond motifs is 1. The number of hydrogen-bond acceptors (Lipinski definition) is 4. The van der Waals surface area contributed by atoms with Crippen molar-refractivity contribution in [2.24, 2.45) is 0 Å². The van der Waals surface area contributed by atoms with Crippen LogP contribution in [-0.4, -0.2) is 11.6 Å². The molecule has 0 fully saturated rings. The van der Waals surface area contributed by atoms with Crippen LogP contribution in [0.5, 0.6) is 0 Å². The number of nitriles is 1. The number of carbonyl (C=O) groups is 2. The molecule has 1 aromatic rings. The first-order chi connectivity index (χ1) is 8.13. The van der Waals surface area contributed by atoms with Gasteiger partial charge in [-0.3, -0.25) is 9.59 Å². The van der Waals surface area contributed by atoms with E-state index >= 15 is 0 Å². The molecule has 0 atom stereocenters. The summed E-state index contributed by atoms with van der Waals surface area (Å²) in [4.78, 5) is 23.6. The van der Waals surface area contributed by atoms with Crippen LogP contribution in [0.15, 0.2) is 29.8 Å². The Morgan fingerprint density at radius 2 is 2.06 bits per heavy atom. The molecule has 1 aliphatic rings. The second-order valence-corrected chi connectivity index (χ2v) is 4.54. The Morgan fingerprint density at radius 3 is 2.76 bits per heavy atom. The van der Waals surface area contributed by atoms with Crippen LogP contribution in [0, 0.1) is 10.7 Å². The van der Waals surface area contributed by atoms with E-state index in [0.29, 0.717) is 22.5 Å². The van der Waals surface area contributed by atoms with Crippen molar-refractivity contribution < 1.29 is 9.59 Å². The number of ketones is 2. The summed E-state index contributed by atoms with van der Waals surface area (Å²) in [6, 6.07) is 5.14. The van der Waals surface area contributed by atoms with Gasteiger partial charge in [-0.05, 0) is 36.4 Å². The Kier molecular flexibility index (Phi) is 3.12. The van der Waals surface area contributed by atoms with Crippen molar-refractivity contribution in [2.75, 3.05) is 0 Å². The maximum Gasteiger partial charge on any atom is 0.189 e. The summed E-state index contributed by atoms with van der Waals surface area (Å²) >= 11 is 1.11. The molecule has 0 aromatic heterocycles. The third kappa shape index (κ3) is 2.15. The number of rotatable bonds is 2. The molecular formula is C13H9NO2S. The van der Waals surface area contributed by atoms with Crippen LogP contribution < -0.4 is 0 Å². The van der Waals surface area contributed by atoms with Gasteiger partial charge in [0.05, 0.1) is 0 Å². The maximum atomic E-state index is 11.9. The van der Waals surface area contributed by atoms with Gasteiger partial charge >= 0.3 is 0 Å². The van der Waals surface area contributed by atoms with Gasteiger partial charge in [0.1, 0.15) is 5.40 Å².